The SMILES string of the molecule is CN=C(NCCOCCS(C)(=O)=O)NCC1(c2cccc(F)c2)CC1. The molecule has 0 radical (unpaired) electrons. The minimum Gasteiger partial charge on any atom is -0.379 e. The van der Waals surface area contributed by atoms with E-state index in [1.807, 2.05) is 6.07 Å². The molecule has 140 valence electrons. The molecule has 0 atom stereocenters. The summed E-state index contributed by atoms with van der Waals surface area (Å²) in [6.45, 7) is 1.79. The smallest absolute Gasteiger partial charge is 0.191 e. The Morgan fingerprint density at radius 3 is 2.68 bits per heavy atom. The van der Waals surface area contributed by atoms with Crippen LogP contribution in [0.5, 0.6) is 0 Å². The molecule has 1 saturated carbocycles. The van der Waals surface area contributed by atoms with Crippen molar-refractivity contribution in [1.29, 1.82) is 0 Å². The maximum Gasteiger partial charge on any atom is 0.191 e. The van der Waals surface area contributed by atoms with Gasteiger partial charge in [0.1, 0.15) is 15.7 Å². The van der Waals surface area contributed by atoms with E-state index < -0.39 is 9.84 Å². The van der Waals surface area contributed by atoms with Gasteiger partial charge in [-0.2, -0.15) is 0 Å². The van der Waals surface area contributed by atoms with Gasteiger partial charge >= 0.3 is 0 Å². The van der Waals surface area contributed by atoms with Gasteiger partial charge in [-0.1, -0.05) is 12.1 Å². The molecule has 0 amide bonds. The topological polar surface area (TPSA) is 79.8 Å². The van der Waals surface area contributed by atoms with Crippen molar-refractivity contribution in [2.75, 3.05) is 45.4 Å². The third-order valence-electron chi connectivity index (χ3n) is 4.25. The first-order valence-corrected chi connectivity index (χ1v) is 10.4. The summed E-state index contributed by atoms with van der Waals surface area (Å²) in [6.07, 6.45) is 3.23. The van der Waals surface area contributed by atoms with Gasteiger partial charge in [0.25, 0.3) is 0 Å². The quantitative estimate of drug-likeness (QED) is 0.386. The Hall–Kier alpha value is -1.67. The second-order valence-corrected chi connectivity index (χ2v) is 8.65. The molecule has 2 N–H and O–H groups in total. The summed E-state index contributed by atoms with van der Waals surface area (Å²) in [4.78, 5) is 4.16. The lowest BCUT2D eigenvalue weighted by Crippen LogP contribution is -2.42. The van der Waals surface area contributed by atoms with E-state index in [2.05, 4.69) is 15.6 Å². The van der Waals surface area contributed by atoms with Gasteiger partial charge in [0, 0.05) is 31.8 Å². The van der Waals surface area contributed by atoms with Gasteiger partial charge in [-0.3, -0.25) is 4.99 Å². The van der Waals surface area contributed by atoms with Crippen LogP contribution in [0, 0.1) is 5.82 Å². The second kappa shape index (κ2) is 8.62. The van der Waals surface area contributed by atoms with Crippen molar-refractivity contribution < 1.29 is 17.5 Å². The molecule has 1 aliphatic carbocycles. The number of hydrogen-bond acceptors (Lipinski definition) is 4. The number of guanidine groups is 1. The minimum absolute atomic E-state index is 0.0221. The van der Waals surface area contributed by atoms with Gasteiger partial charge in [0.2, 0.25) is 0 Å². The first-order chi connectivity index (χ1) is 11.8. The van der Waals surface area contributed by atoms with Gasteiger partial charge in [0.05, 0.1) is 19.0 Å². The van der Waals surface area contributed by atoms with Gasteiger partial charge in [-0.15, -0.1) is 0 Å². The van der Waals surface area contributed by atoms with Gasteiger partial charge in [-0.05, 0) is 30.5 Å². The van der Waals surface area contributed by atoms with Crippen molar-refractivity contribution in [3.63, 3.8) is 0 Å². The van der Waals surface area contributed by atoms with Crippen molar-refractivity contribution in [3.05, 3.63) is 35.6 Å². The lowest BCUT2D eigenvalue weighted by atomic mass is 9.96. The average Bonchev–Trinajstić information content (AvgIpc) is 3.34. The Balaban J connectivity index is 1.70. The molecule has 0 saturated heterocycles. The highest BCUT2D eigenvalue weighted by Crippen LogP contribution is 2.47. The minimum atomic E-state index is -2.99. The average molecular weight is 371 g/mol. The molecule has 25 heavy (non-hydrogen) atoms. The first-order valence-electron chi connectivity index (χ1n) is 8.31. The molecule has 2 rings (SSSR count). The Labute approximate surface area is 148 Å². The van der Waals surface area contributed by atoms with Crippen molar-refractivity contribution in [2.24, 2.45) is 4.99 Å². The molecule has 6 nitrogen and oxygen atoms in total. The second-order valence-electron chi connectivity index (χ2n) is 6.39. The summed E-state index contributed by atoms with van der Waals surface area (Å²) in [7, 11) is -1.31. The van der Waals surface area contributed by atoms with E-state index in [1.165, 1.54) is 12.3 Å². The third kappa shape index (κ3) is 6.62. The van der Waals surface area contributed by atoms with Crippen LogP contribution in [-0.4, -0.2) is 59.7 Å². The molecule has 1 aromatic rings. The number of benzene rings is 1. The van der Waals surface area contributed by atoms with Crippen LogP contribution in [0.3, 0.4) is 0 Å². The zero-order chi connectivity index (χ0) is 18.3. The number of ether oxygens (including phenoxy) is 1. The first kappa shape index (κ1) is 19.7. The lowest BCUT2D eigenvalue weighted by molar-refractivity contribution is 0.154. The largest absolute Gasteiger partial charge is 0.379 e. The van der Waals surface area contributed by atoms with E-state index in [0.29, 0.717) is 25.7 Å². The molecule has 1 aromatic carbocycles. The predicted molar refractivity (Wildman–Crippen MR) is 97.2 cm³/mol. The zero-order valence-electron chi connectivity index (χ0n) is 14.7. The van der Waals surface area contributed by atoms with Crippen molar-refractivity contribution in [2.45, 2.75) is 18.3 Å². The van der Waals surface area contributed by atoms with Crippen LogP contribution in [0.4, 0.5) is 4.39 Å². The van der Waals surface area contributed by atoms with Crippen LogP contribution in [0.1, 0.15) is 18.4 Å². The molecule has 0 spiro atoms. The van der Waals surface area contributed by atoms with Crippen LogP contribution in [0.2, 0.25) is 0 Å². The van der Waals surface area contributed by atoms with Gasteiger partial charge < -0.3 is 15.4 Å². The van der Waals surface area contributed by atoms with E-state index >= 15 is 0 Å². The fourth-order valence-corrected chi connectivity index (χ4v) is 2.98. The molecule has 0 unspecified atom stereocenters. The van der Waals surface area contributed by atoms with Crippen molar-refractivity contribution in [1.82, 2.24) is 10.6 Å². The summed E-state index contributed by atoms with van der Waals surface area (Å²) >= 11 is 0. The number of nitrogens with zero attached hydrogens (tertiary/aromatic N) is 1. The van der Waals surface area contributed by atoms with Crippen molar-refractivity contribution in [3.8, 4) is 0 Å². The standard InChI is InChI=1S/C17H26FN3O3S/c1-19-16(20-8-9-24-10-11-25(2,22)23)21-13-17(6-7-17)14-4-3-5-15(18)12-14/h3-5,12H,6-11,13H2,1-2H3,(H2,19,20,21). The van der Waals surface area contributed by atoms with Crippen LogP contribution in [0.15, 0.2) is 29.3 Å². The highest BCUT2D eigenvalue weighted by atomic mass is 32.2. The van der Waals surface area contributed by atoms with Crippen molar-refractivity contribution >= 4 is 15.8 Å². The normalized spacial score (nSPS) is 16.5. The van der Waals surface area contributed by atoms with Gasteiger partial charge in [-0.25, -0.2) is 12.8 Å². The maximum absolute atomic E-state index is 13.4. The number of hydrogen-bond donors (Lipinski definition) is 2. The molecule has 0 heterocycles. The summed E-state index contributed by atoms with van der Waals surface area (Å²) in [5, 5.41) is 6.39. The number of nitrogens with one attached hydrogen (secondary N) is 2. The number of aliphatic imine (C=N–C) groups is 1. The Morgan fingerprint density at radius 2 is 2.08 bits per heavy atom. The summed E-state index contributed by atoms with van der Waals surface area (Å²) in [6, 6.07) is 6.76. The van der Waals surface area contributed by atoms with E-state index in [0.717, 1.165) is 18.4 Å². The number of halogens is 1. The number of rotatable bonds is 9. The molecular formula is C17H26FN3O3S. The predicted octanol–water partition coefficient (Wildman–Crippen LogP) is 1.08. The summed E-state index contributed by atoms with van der Waals surface area (Å²) in [5.74, 6) is 0.461. The lowest BCUT2D eigenvalue weighted by Gasteiger charge is -2.19. The molecular weight excluding hydrogens is 345 g/mol. The maximum atomic E-state index is 13.4. The van der Waals surface area contributed by atoms with Crippen LogP contribution < -0.4 is 10.6 Å². The Kier molecular flexibility index (Phi) is 6.78. The number of sulfone groups is 1. The molecule has 8 heteroatoms. The van der Waals surface area contributed by atoms with E-state index in [4.69, 9.17) is 4.74 Å². The molecule has 0 aromatic heterocycles. The third-order valence-corrected chi connectivity index (χ3v) is 5.15. The van der Waals surface area contributed by atoms with E-state index in [-0.39, 0.29) is 23.6 Å². The molecule has 0 bridgehead atoms. The summed E-state index contributed by atoms with van der Waals surface area (Å²) in [5.41, 5.74) is 0.991. The van der Waals surface area contributed by atoms with E-state index in [1.54, 1.807) is 19.2 Å². The fraction of sp³-hybridized carbons (Fsp3) is 0.588. The summed E-state index contributed by atoms with van der Waals surface area (Å²) < 4.78 is 40.7. The Bertz CT molecular complexity index is 703. The molecule has 1 aliphatic rings. The van der Waals surface area contributed by atoms with Crippen LogP contribution in [0.25, 0.3) is 0 Å². The van der Waals surface area contributed by atoms with E-state index in [9.17, 15) is 12.8 Å². The molecule has 1 fully saturated rings. The van der Waals surface area contributed by atoms with Gasteiger partial charge in [0.15, 0.2) is 5.96 Å². The van der Waals surface area contributed by atoms with Crippen LogP contribution >= 0.6 is 0 Å². The monoisotopic (exact) mass is 371 g/mol. The Morgan fingerprint density at radius 1 is 1.32 bits per heavy atom. The molecule has 0 aliphatic heterocycles. The highest BCUT2D eigenvalue weighted by Gasteiger charge is 2.44. The van der Waals surface area contributed by atoms with Crippen LogP contribution in [-0.2, 0) is 20.0 Å². The fourth-order valence-electron chi connectivity index (χ4n) is 2.56. The highest BCUT2D eigenvalue weighted by molar-refractivity contribution is 7.90. The zero-order valence-corrected chi connectivity index (χ0v) is 15.5.